The molecule has 0 unspecified atom stereocenters. The highest BCUT2D eigenvalue weighted by atomic mass is 16.6. The van der Waals surface area contributed by atoms with Gasteiger partial charge in [0.15, 0.2) is 6.10 Å². The summed E-state index contributed by atoms with van der Waals surface area (Å²) in [6.45, 7) is 11.3. The van der Waals surface area contributed by atoms with E-state index in [0.717, 1.165) is 44.4 Å². The molecular formula is C40H53N5O9. The number of aliphatic hydroxyl groups excluding tert-OH is 1. The van der Waals surface area contributed by atoms with Crippen molar-refractivity contribution in [3.05, 3.63) is 93.9 Å². The van der Waals surface area contributed by atoms with Crippen LogP contribution in [-0.2, 0) is 35.1 Å². The molecule has 1 saturated heterocycles. The largest absolute Gasteiger partial charge is 0.439 e. The molecule has 4 rings (SSSR count). The second-order valence-electron chi connectivity index (χ2n) is 14.1. The predicted molar refractivity (Wildman–Crippen MR) is 202 cm³/mol. The van der Waals surface area contributed by atoms with Crippen LogP contribution in [0, 0.1) is 11.8 Å². The molecule has 1 aliphatic carbocycles. The van der Waals surface area contributed by atoms with E-state index in [9.17, 15) is 29.1 Å². The van der Waals surface area contributed by atoms with Gasteiger partial charge < -0.3 is 41.0 Å². The summed E-state index contributed by atoms with van der Waals surface area (Å²) in [6, 6.07) is 7.11. The lowest BCUT2D eigenvalue weighted by Gasteiger charge is -2.30. The Balaban J connectivity index is 1.67. The number of carbonyl (C=O) groups excluding carboxylic acids is 5. The zero-order valence-electron chi connectivity index (χ0n) is 31.8. The lowest BCUT2D eigenvalue weighted by molar-refractivity contribution is -0.120. The number of primary amides is 1. The standard InChI is InChI=1S/C40H53N5O9/c1-23-18-29-34(44-39(50)28-12-10-27(11-13-28)22-45-16-14-42-15-17-45)31(46)21-30(36(29)48)43-38(49)24(2)8-7-9-32(52-5)37(54-40(41)51)26(4)20-25(3)35(47)33(19-23)53-6/h7-13,20-21,23,25,32-33,35,37,42,47H,14-19,22H2,1-6H3,(H2,41,51)(H,43,49)(H,44,50)/b9-7-,24-8-,26-20-/t23-,25+,32-,33-,35+,37-/m1/s1. The molecule has 0 saturated carbocycles. The van der Waals surface area contributed by atoms with E-state index in [1.807, 2.05) is 19.1 Å². The number of nitrogens with two attached hydrogens (primary N) is 1. The van der Waals surface area contributed by atoms with Crippen molar-refractivity contribution >= 4 is 29.5 Å². The van der Waals surface area contributed by atoms with Crippen LogP contribution in [0.2, 0.25) is 0 Å². The van der Waals surface area contributed by atoms with E-state index in [4.69, 9.17) is 19.9 Å². The molecule has 6 N–H and O–H groups in total. The number of allylic oxidation sites excluding steroid dienone is 4. The van der Waals surface area contributed by atoms with Crippen LogP contribution in [0.25, 0.3) is 0 Å². The van der Waals surface area contributed by atoms with Gasteiger partial charge in [-0.2, -0.15) is 0 Å². The minimum atomic E-state index is -1.04. The fourth-order valence-corrected chi connectivity index (χ4v) is 6.80. The normalized spacial score (nSPS) is 29.2. The quantitative estimate of drug-likeness (QED) is 0.203. The van der Waals surface area contributed by atoms with E-state index in [1.54, 1.807) is 38.1 Å². The Morgan fingerprint density at radius 1 is 1.04 bits per heavy atom. The van der Waals surface area contributed by atoms with Crippen molar-refractivity contribution in [3.63, 3.8) is 0 Å². The summed E-state index contributed by atoms with van der Waals surface area (Å²) in [6.07, 6.45) is 3.06. The second-order valence-corrected chi connectivity index (χ2v) is 14.1. The fourth-order valence-electron chi connectivity index (χ4n) is 6.80. The molecule has 6 atom stereocenters. The molecule has 3 aliphatic rings. The number of hydrogen-bond donors (Lipinski definition) is 5. The monoisotopic (exact) mass is 747 g/mol. The summed E-state index contributed by atoms with van der Waals surface area (Å²) in [7, 11) is 2.88. The minimum Gasteiger partial charge on any atom is -0.439 e. The number of Topliss-reactive ketones (excluding diaryl/α,β-unsaturated/α-hetero) is 1. The van der Waals surface area contributed by atoms with Crippen molar-refractivity contribution in [2.75, 3.05) is 40.4 Å². The maximum absolute atomic E-state index is 14.0. The van der Waals surface area contributed by atoms with Gasteiger partial charge in [0, 0.05) is 75.6 Å². The van der Waals surface area contributed by atoms with Crippen molar-refractivity contribution in [1.29, 1.82) is 0 Å². The fraction of sp³-hybridized carbons (Fsp3) is 0.475. The third kappa shape index (κ3) is 11.1. The summed E-state index contributed by atoms with van der Waals surface area (Å²) < 4.78 is 16.7. The SMILES string of the molecule is CO[C@@H]1/C=C\C=C(\C)C(=O)NC2=CC(=O)C(NC(=O)c3ccc(CN4CCNCC4)cc3)=C(C[C@@H](C)C[C@@H](OC)[C@@H](O)[C@@H](C)/C=C(/C)[C@H]1OC(N)=O)C2=O. The van der Waals surface area contributed by atoms with Crippen molar-refractivity contribution in [3.8, 4) is 0 Å². The van der Waals surface area contributed by atoms with Crippen LogP contribution in [0.5, 0.6) is 0 Å². The number of rotatable bonds is 7. The van der Waals surface area contributed by atoms with E-state index in [1.165, 1.54) is 33.3 Å². The highest BCUT2D eigenvalue weighted by Crippen LogP contribution is 2.29. The molecule has 292 valence electrons. The van der Waals surface area contributed by atoms with E-state index >= 15 is 0 Å². The van der Waals surface area contributed by atoms with Crippen molar-refractivity contribution in [2.45, 2.75) is 71.5 Å². The summed E-state index contributed by atoms with van der Waals surface area (Å²) in [5.41, 5.74) is 7.10. The number of methoxy groups -OCH3 is 2. The van der Waals surface area contributed by atoms with Gasteiger partial charge >= 0.3 is 6.09 Å². The Bertz CT molecular complexity index is 1720. The maximum Gasteiger partial charge on any atom is 0.405 e. The molecule has 14 heteroatoms. The highest BCUT2D eigenvalue weighted by molar-refractivity contribution is 6.24. The van der Waals surface area contributed by atoms with Crippen molar-refractivity contribution in [2.24, 2.45) is 17.6 Å². The molecule has 3 amide bonds. The zero-order chi connectivity index (χ0) is 39.5. The van der Waals surface area contributed by atoms with Gasteiger partial charge in [-0.1, -0.05) is 50.3 Å². The number of ketones is 2. The van der Waals surface area contributed by atoms with Crippen molar-refractivity contribution < 1.29 is 43.3 Å². The molecule has 14 nitrogen and oxygen atoms in total. The number of ether oxygens (including phenoxy) is 3. The number of hydrogen-bond acceptors (Lipinski definition) is 11. The Hall–Kier alpha value is -4.73. The van der Waals surface area contributed by atoms with E-state index in [2.05, 4.69) is 20.9 Å². The number of amides is 3. The Labute approximate surface area is 316 Å². The third-order valence-corrected chi connectivity index (χ3v) is 9.86. The van der Waals surface area contributed by atoms with E-state index in [-0.39, 0.29) is 41.3 Å². The van der Waals surface area contributed by atoms with Gasteiger partial charge in [0.25, 0.3) is 11.8 Å². The van der Waals surface area contributed by atoms with Crippen LogP contribution in [0.1, 0.15) is 56.5 Å². The number of carbonyl (C=O) groups is 5. The predicted octanol–water partition coefficient (Wildman–Crippen LogP) is 2.60. The van der Waals surface area contributed by atoms with Crippen LogP contribution in [0.3, 0.4) is 0 Å². The first kappa shape index (κ1) is 42.0. The number of nitrogens with one attached hydrogen (secondary N) is 3. The maximum atomic E-state index is 14.0. The summed E-state index contributed by atoms with van der Waals surface area (Å²) >= 11 is 0. The van der Waals surface area contributed by atoms with Crippen LogP contribution in [-0.4, -0.2) is 104 Å². The molecule has 2 aliphatic heterocycles. The molecular weight excluding hydrogens is 694 g/mol. The lowest BCUT2D eigenvalue weighted by atomic mass is 9.85. The Morgan fingerprint density at radius 2 is 1.72 bits per heavy atom. The third-order valence-electron chi connectivity index (χ3n) is 9.86. The molecule has 2 heterocycles. The van der Waals surface area contributed by atoms with Gasteiger partial charge in [-0.15, -0.1) is 0 Å². The number of benzene rings is 1. The van der Waals surface area contributed by atoms with Crippen LogP contribution < -0.4 is 21.7 Å². The van der Waals surface area contributed by atoms with Gasteiger partial charge in [0.1, 0.15) is 6.10 Å². The molecule has 2 bridgehead atoms. The van der Waals surface area contributed by atoms with Gasteiger partial charge in [-0.25, -0.2) is 4.79 Å². The smallest absolute Gasteiger partial charge is 0.405 e. The molecule has 1 aromatic rings. The number of fused-ring (bicyclic) bond motifs is 2. The van der Waals surface area contributed by atoms with E-state index < -0.39 is 59.8 Å². The average molecular weight is 748 g/mol. The lowest BCUT2D eigenvalue weighted by Crippen LogP contribution is -2.42. The van der Waals surface area contributed by atoms with Gasteiger partial charge in [0.2, 0.25) is 11.6 Å². The second kappa shape index (κ2) is 19.6. The summed E-state index contributed by atoms with van der Waals surface area (Å²) in [4.78, 5) is 68.6. The molecule has 0 aromatic heterocycles. The van der Waals surface area contributed by atoms with Gasteiger partial charge in [0.05, 0.1) is 23.6 Å². The number of aliphatic hydroxyl groups is 1. The average Bonchev–Trinajstić information content (AvgIpc) is 3.14. The van der Waals surface area contributed by atoms with Crippen LogP contribution >= 0.6 is 0 Å². The highest BCUT2D eigenvalue weighted by Gasteiger charge is 2.34. The molecule has 54 heavy (non-hydrogen) atoms. The summed E-state index contributed by atoms with van der Waals surface area (Å²) in [5, 5.41) is 20.0. The molecule has 0 radical (unpaired) electrons. The first-order valence-corrected chi connectivity index (χ1v) is 18.1. The minimum absolute atomic E-state index is 0.0223. The topological polar surface area (TPSA) is 199 Å². The van der Waals surface area contributed by atoms with Crippen LogP contribution in [0.4, 0.5) is 4.79 Å². The molecule has 1 aromatic carbocycles. The first-order chi connectivity index (χ1) is 25.7. The number of piperazine rings is 1. The molecule has 0 spiro atoms. The van der Waals surface area contributed by atoms with Crippen molar-refractivity contribution in [1.82, 2.24) is 20.9 Å². The van der Waals surface area contributed by atoms with Gasteiger partial charge in [-0.3, -0.25) is 24.1 Å². The summed E-state index contributed by atoms with van der Waals surface area (Å²) in [5.74, 6) is -3.32. The Kier molecular flexibility index (Phi) is 15.2. The van der Waals surface area contributed by atoms with Crippen LogP contribution in [0.15, 0.2) is 82.8 Å². The molecule has 1 fully saturated rings. The first-order valence-electron chi connectivity index (χ1n) is 18.1. The number of nitrogens with zero attached hydrogens (tertiary/aromatic N) is 1. The van der Waals surface area contributed by atoms with E-state index in [0.29, 0.717) is 11.1 Å². The zero-order valence-corrected chi connectivity index (χ0v) is 31.8. The van der Waals surface area contributed by atoms with Gasteiger partial charge in [-0.05, 0) is 55.9 Å². The Morgan fingerprint density at radius 3 is 2.35 bits per heavy atom.